The van der Waals surface area contributed by atoms with E-state index in [1.165, 1.54) is 12.0 Å². The van der Waals surface area contributed by atoms with Gasteiger partial charge in [0.1, 0.15) is 0 Å². The molecule has 1 aliphatic heterocycles. The topological polar surface area (TPSA) is 24.4 Å². The lowest BCUT2D eigenvalue weighted by Gasteiger charge is -2.11. The van der Waals surface area contributed by atoms with E-state index in [-0.39, 0.29) is 0 Å². The molecule has 1 fully saturated rings. The SMILES string of the molecule is CC(C)CC1CSC(=NCc2ccccc2)N1. The molecule has 0 aromatic heterocycles. The normalized spacial score (nSPS) is 22.1. The molecule has 1 aromatic carbocycles. The smallest absolute Gasteiger partial charge is 0.157 e. The minimum Gasteiger partial charge on any atom is -0.361 e. The van der Waals surface area contributed by atoms with Crippen LogP contribution < -0.4 is 5.32 Å². The quantitative estimate of drug-likeness (QED) is 0.884. The lowest BCUT2D eigenvalue weighted by molar-refractivity contribution is 0.502. The molecule has 1 N–H and O–H groups in total. The maximum atomic E-state index is 4.62. The van der Waals surface area contributed by atoms with Crippen LogP contribution in [0.4, 0.5) is 0 Å². The molecule has 0 amide bonds. The molecule has 1 unspecified atom stereocenters. The molecule has 0 spiro atoms. The van der Waals surface area contributed by atoms with Crippen LogP contribution in [-0.2, 0) is 6.54 Å². The number of amidine groups is 1. The van der Waals surface area contributed by atoms with Gasteiger partial charge in [0.2, 0.25) is 0 Å². The average molecular weight is 248 g/mol. The third kappa shape index (κ3) is 4.08. The summed E-state index contributed by atoms with van der Waals surface area (Å²) in [5.41, 5.74) is 1.27. The molecule has 3 heteroatoms. The van der Waals surface area contributed by atoms with E-state index >= 15 is 0 Å². The van der Waals surface area contributed by atoms with Gasteiger partial charge in [-0.15, -0.1) is 0 Å². The highest BCUT2D eigenvalue weighted by molar-refractivity contribution is 8.14. The summed E-state index contributed by atoms with van der Waals surface area (Å²) in [5, 5.41) is 4.62. The summed E-state index contributed by atoms with van der Waals surface area (Å²) < 4.78 is 0. The van der Waals surface area contributed by atoms with Crippen molar-refractivity contribution in [3.05, 3.63) is 35.9 Å². The molecule has 0 bridgehead atoms. The molecule has 1 heterocycles. The summed E-state index contributed by atoms with van der Waals surface area (Å²) in [4.78, 5) is 4.62. The van der Waals surface area contributed by atoms with Crippen LogP contribution in [0.5, 0.6) is 0 Å². The Balaban J connectivity index is 1.84. The van der Waals surface area contributed by atoms with E-state index in [1.807, 2.05) is 17.8 Å². The minimum absolute atomic E-state index is 0.606. The van der Waals surface area contributed by atoms with Crippen molar-refractivity contribution in [2.75, 3.05) is 5.75 Å². The molecule has 0 radical (unpaired) electrons. The number of benzene rings is 1. The van der Waals surface area contributed by atoms with Gasteiger partial charge >= 0.3 is 0 Å². The van der Waals surface area contributed by atoms with Crippen LogP contribution >= 0.6 is 11.8 Å². The zero-order chi connectivity index (χ0) is 12.1. The monoisotopic (exact) mass is 248 g/mol. The van der Waals surface area contributed by atoms with Gasteiger partial charge in [-0.25, -0.2) is 0 Å². The van der Waals surface area contributed by atoms with E-state index in [0.717, 1.165) is 23.4 Å². The Hall–Kier alpha value is -0.960. The zero-order valence-corrected chi connectivity index (χ0v) is 11.3. The van der Waals surface area contributed by atoms with Crippen LogP contribution in [0.15, 0.2) is 35.3 Å². The van der Waals surface area contributed by atoms with Crippen molar-refractivity contribution in [3.63, 3.8) is 0 Å². The van der Waals surface area contributed by atoms with Gasteiger partial charge in [0.25, 0.3) is 0 Å². The van der Waals surface area contributed by atoms with Gasteiger partial charge in [-0.05, 0) is 17.9 Å². The Kier molecular flexibility index (Phi) is 4.49. The van der Waals surface area contributed by atoms with Crippen molar-refractivity contribution in [3.8, 4) is 0 Å². The van der Waals surface area contributed by atoms with Gasteiger partial charge in [0.05, 0.1) is 6.54 Å². The third-order valence-electron chi connectivity index (χ3n) is 2.75. The summed E-state index contributed by atoms with van der Waals surface area (Å²) in [6.07, 6.45) is 1.23. The highest BCUT2D eigenvalue weighted by Crippen LogP contribution is 2.19. The maximum absolute atomic E-state index is 4.62. The fraction of sp³-hybridized carbons (Fsp3) is 0.500. The Labute approximate surface area is 108 Å². The van der Waals surface area contributed by atoms with Gasteiger partial charge < -0.3 is 5.32 Å². The molecule has 1 aromatic rings. The number of hydrogen-bond acceptors (Lipinski definition) is 2. The highest BCUT2D eigenvalue weighted by atomic mass is 32.2. The number of hydrogen-bond donors (Lipinski definition) is 1. The summed E-state index contributed by atoms with van der Waals surface area (Å²) in [6, 6.07) is 11.0. The van der Waals surface area contributed by atoms with Crippen molar-refractivity contribution in [1.29, 1.82) is 0 Å². The van der Waals surface area contributed by atoms with Crippen LogP contribution in [0.1, 0.15) is 25.8 Å². The number of nitrogens with zero attached hydrogens (tertiary/aromatic N) is 1. The molecular weight excluding hydrogens is 228 g/mol. The first-order valence-electron chi connectivity index (χ1n) is 6.21. The summed E-state index contributed by atoms with van der Waals surface area (Å²) in [7, 11) is 0. The molecule has 1 saturated heterocycles. The predicted octanol–water partition coefficient (Wildman–Crippen LogP) is 3.29. The van der Waals surface area contributed by atoms with E-state index < -0.39 is 0 Å². The van der Waals surface area contributed by atoms with Crippen LogP contribution in [0.2, 0.25) is 0 Å². The van der Waals surface area contributed by atoms with Gasteiger partial charge in [-0.1, -0.05) is 55.9 Å². The highest BCUT2D eigenvalue weighted by Gasteiger charge is 2.20. The van der Waals surface area contributed by atoms with Gasteiger partial charge in [-0.2, -0.15) is 0 Å². The lowest BCUT2D eigenvalue weighted by atomic mass is 10.1. The van der Waals surface area contributed by atoms with Crippen molar-refractivity contribution < 1.29 is 0 Å². The van der Waals surface area contributed by atoms with E-state index in [2.05, 4.69) is 48.4 Å². The molecule has 0 aliphatic carbocycles. The summed E-state index contributed by atoms with van der Waals surface area (Å²) >= 11 is 1.85. The Morgan fingerprint density at radius 2 is 2.12 bits per heavy atom. The zero-order valence-electron chi connectivity index (χ0n) is 10.5. The second-order valence-electron chi connectivity index (χ2n) is 4.89. The Morgan fingerprint density at radius 1 is 1.35 bits per heavy atom. The third-order valence-corrected chi connectivity index (χ3v) is 3.84. The first-order chi connectivity index (χ1) is 8.24. The van der Waals surface area contributed by atoms with Crippen LogP contribution in [0.3, 0.4) is 0 Å². The van der Waals surface area contributed by atoms with Crippen molar-refractivity contribution in [2.24, 2.45) is 10.9 Å². The molecule has 17 heavy (non-hydrogen) atoms. The van der Waals surface area contributed by atoms with E-state index in [4.69, 9.17) is 0 Å². The number of thioether (sulfide) groups is 1. The maximum Gasteiger partial charge on any atom is 0.157 e. The molecule has 92 valence electrons. The van der Waals surface area contributed by atoms with Crippen molar-refractivity contribution in [1.82, 2.24) is 5.32 Å². The van der Waals surface area contributed by atoms with Gasteiger partial charge in [0, 0.05) is 11.8 Å². The molecule has 0 saturated carbocycles. The van der Waals surface area contributed by atoms with Gasteiger partial charge in [0.15, 0.2) is 5.17 Å². The number of aliphatic imine (C=N–C) groups is 1. The molecular formula is C14H20N2S. The number of rotatable bonds is 4. The van der Waals surface area contributed by atoms with Crippen LogP contribution in [0.25, 0.3) is 0 Å². The van der Waals surface area contributed by atoms with Gasteiger partial charge in [-0.3, -0.25) is 4.99 Å². The van der Waals surface area contributed by atoms with Crippen molar-refractivity contribution in [2.45, 2.75) is 32.9 Å². The van der Waals surface area contributed by atoms with Crippen LogP contribution in [0, 0.1) is 5.92 Å². The first-order valence-corrected chi connectivity index (χ1v) is 7.20. The standard InChI is InChI=1S/C14H20N2S/c1-11(2)8-13-10-17-14(16-13)15-9-12-6-4-3-5-7-12/h3-7,11,13H,8-10H2,1-2H3,(H,15,16). The van der Waals surface area contributed by atoms with E-state index in [0.29, 0.717) is 6.04 Å². The van der Waals surface area contributed by atoms with Crippen molar-refractivity contribution >= 4 is 16.9 Å². The molecule has 2 nitrogen and oxygen atoms in total. The Morgan fingerprint density at radius 3 is 2.82 bits per heavy atom. The second kappa shape index (κ2) is 6.10. The molecule has 1 atom stereocenters. The first kappa shape index (κ1) is 12.5. The second-order valence-corrected chi connectivity index (χ2v) is 5.90. The largest absolute Gasteiger partial charge is 0.361 e. The molecule has 1 aliphatic rings. The predicted molar refractivity (Wildman–Crippen MR) is 76.4 cm³/mol. The van der Waals surface area contributed by atoms with Crippen LogP contribution in [-0.4, -0.2) is 17.0 Å². The fourth-order valence-electron chi connectivity index (χ4n) is 1.97. The summed E-state index contributed by atoms with van der Waals surface area (Å²) in [5.74, 6) is 1.91. The minimum atomic E-state index is 0.606. The number of nitrogens with one attached hydrogen (secondary N) is 1. The molecule has 2 rings (SSSR count). The fourth-order valence-corrected chi connectivity index (χ4v) is 2.96. The van der Waals surface area contributed by atoms with E-state index in [1.54, 1.807) is 0 Å². The Bertz CT molecular complexity index is 373. The summed E-state index contributed by atoms with van der Waals surface area (Å²) in [6.45, 7) is 5.32. The average Bonchev–Trinajstić information content (AvgIpc) is 2.75. The van der Waals surface area contributed by atoms with E-state index in [9.17, 15) is 0 Å². The lowest BCUT2D eigenvalue weighted by Crippen LogP contribution is -2.28.